The topological polar surface area (TPSA) is 54.0 Å². The molecule has 2 aromatic rings. The number of fused-ring (bicyclic) bond motifs is 1. The number of hydrogen-bond donors (Lipinski definition) is 2. The van der Waals surface area contributed by atoms with E-state index in [0.29, 0.717) is 6.54 Å². The van der Waals surface area contributed by atoms with Gasteiger partial charge in [-0.25, -0.2) is 0 Å². The number of rotatable bonds is 3. The zero-order valence-corrected chi connectivity index (χ0v) is 10.5. The van der Waals surface area contributed by atoms with Gasteiger partial charge < -0.3 is 10.6 Å². The standard InChI is InChI=1S/C15H15N3O/c19-15(17-10-11-5-7-16-8-6-11)14-9-12-3-1-2-4-13(12)18-14/h1-8,14,18H,9-10H2,(H,17,19)/t14-/m0/s1. The molecule has 3 rings (SSSR count). The van der Waals surface area contributed by atoms with Gasteiger partial charge in [-0.3, -0.25) is 9.78 Å². The normalized spacial score (nSPS) is 16.5. The van der Waals surface area contributed by atoms with Crippen LogP contribution in [-0.2, 0) is 17.8 Å². The van der Waals surface area contributed by atoms with Crippen molar-refractivity contribution in [3.8, 4) is 0 Å². The molecule has 0 unspecified atom stereocenters. The van der Waals surface area contributed by atoms with Crippen molar-refractivity contribution < 1.29 is 4.79 Å². The summed E-state index contributed by atoms with van der Waals surface area (Å²) in [5, 5.41) is 6.19. The molecule has 0 spiro atoms. The van der Waals surface area contributed by atoms with Crippen molar-refractivity contribution in [1.82, 2.24) is 10.3 Å². The molecule has 1 aliphatic heterocycles. The predicted molar refractivity (Wildman–Crippen MR) is 73.6 cm³/mol. The van der Waals surface area contributed by atoms with E-state index in [1.165, 1.54) is 5.56 Å². The molecule has 19 heavy (non-hydrogen) atoms. The highest BCUT2D eigenvalue weighted by Gasteiger charge is 2.25. The molecule has 1 amide bonds. The molecule has 4 heteroatoms. The lowest BCUT2D eigenvalue weighted by Crippen LogP contribution is -2.38. The number of nitrogens with one attached hydrogen (secondary N) is 2. The van der Waals surface area contributed by atoms with Crippen molar-refractivity contribution in [2.24, 2.45) is 0 Å². The van der Waals surface area contributed by atoms with Gasteiger partial charge in [0.05, 0.1) is 0 Å². The van der Waals surface area contributed by atoms with E-state index in [4.69, 9.17) is 0 Å². The van der Waals surface area contributed by atoms with Crippen molar-refractivity contribution in [1.29, 1.82) is 0 Å². The van der Waals surface area contributed by atoms with E-state index in [9.17, 15) is 4.79 Å². The second-order valence-corrected chi connectivity index (χ2v) is 4.63. The summed E-state index contributed by atoms with van der Waals surface area (Å²) in [6, 6.07) is 11.7. The third kappa shape index (κ3) is 2.57. The van der Waals surface area contributed by atoms with Gasteiger partial charge in [0.1, 0.15) is 6.04 Å². The second kappa shape index (κ2) is 5.10. The summed E-state index contributed by atoms with van der Waals surface area (Å²) < 4.78 is 0. The number of nitrogens with zero attached hydrogens (tertiary/aromatic N) is 1. The van der Waals surface area contributed by atoms with Gasteiger partial charge in [-0.2, -0.15) is 0 Å². The molecule has 0 fully saturated rings. The lowest BCUT2D eigenvalue weighted by molar-refractivity contribution is -0.121. The lowest BCUT2D eigenvalue weighted by Gasteiger charge is -2.11. The van der Waals surface area contributed by atoms with E-state index in [1.54, 1.807) is 12.4 Å². The van der Waals surface area contributed by atoms with Gasteiger partial charge in [-0.15, -0.1) is 0 Å². The first-order valence-corrected chi connectivity index (χ1v) is 6.34. The molecule has 1 aliphatic rings. The maximum absolute atomic E-state index is 12.1. The van der Waals surface area contributed by atoms with Crippen LogP contribution in [0, 0.1) is 0 Å². The Kier molecular flexibility index (Phi) is 3.14. The zero-order chi connectivity index (χ0) is 13.1. The molecule has 4 nitrogen and oxygen atoms in total. The van der Waals surface area contributed by atoms with Crippen LogP contribution in [0.2, 0.25) is 0 Å². The summed E-state index contributed by atoms with van der Waals surface area (Å²) in [6.45, 7) is 0.538. The number of aromatic nitrogens is 1. The Labute approximate surface area is 111 Å². The third-order valence-electron chi connectivity index (χ3n) is 3.30. The molecule has 0 saturated carbocycles. The fourth-order valence-electron chi connectivity index (χ4n) is 2.27. The molecule has 1 atom stereocenters. The van der Waals surface area contributed by atoms with E-state index in [-0.39, 0.29) is 11.9 Å². The smallest absolute Gasteiger partial charge is 0.243 e. The summed E-state index contributed by atoms with van der Waals surface area (Å²) >= 11 is 0. The zero-order valence-electron chi connectivity index (χ0n) is 10.5. The first-order chi connectivity index (χ1) is 9.33. The Balaban J connectivity index is 1.58. The summed E-state index contributed by atoms with van der Waals surface area (Å²) in [4.78, 5) is 16.0. The van der Waals surface area contributed by atoms with Crippen LogP contribution >= 0.6 is 0 Å². The highest BCUT2D eigenvalue weighted by Crippen LogP contribution is 2.25. The number of anilines is 1. The fraction of sp³-hybridized carbons (Fsp3) is 0.200. The van der Waals surface area contributed by atoms with Crippen LogP contribution in [0.1, 0.15) is 11.1 Å². The first kappa shape index (κ1) is 11.7. The fourth-order valence-corrected chi connectivity index (χ4v) is 2.27. The van der Waals surface area contributed by atoms with E-state index in [0.717, 1.165) is 17.7 Å². The minimum Gasteiger partial charge on any atom is -0.373 e. The lowest BCUT2D eigenvalue weighted by atomic mass is 10.1. The quantitative estimate of drug-likeness (QED) is 0.876. The Hall–Kier alpha value is -2.36. The summed E-state index contributed by atoms with van der Waals surface area (Å²) in [6.07, 6.45) is 4.20. The number of carbonyl (C=O) groups is 1. The van der Waals surface area contributed by atoms with Crippen molar-refractivity contribution in [2.45, 2.75) is 19.0 Å². The van der Waals surface area contributed by atoms with Crippen molar-refractivity contribution in [3.05, 3.63) is 59.9 Å². The van der Waals surface area contributed by atoms with Gasteiger partial charge in [0.2, 0.25) is 5.91 Å². The van der Waals surface area contributed by atoms with Gasteiger partial charge >= 0.3 is 0 Å². The van der Waals surface area contributed by atoms with Crippen molar-refractivity contribution in [3.63, 3.8) is 0 Å². The van der Waals surface area contributed by atoms with E-state index >= 15 is 0 Å². The van der Waals surface area contributed by atoms with Crippen LogP contribution in [0.15, 0.2) is 48.8 Å². The summed E-state index contributed by atoms with van der Waals surface area (Å²) in [7, 11) is 0. The van der Waals surface area contributed by atoms with E-state index in [2.05, 4.69) is 21.7 Å². The number of amides is 1. The van der Waals surface area contributed by atoms with Gasteiger partial charge in [-0.1, -0.05) is 18.2 Å². The molecular formula is C15H15N3O. The van der Waals surface area contributed by atoms with Crippen LogP contribution in [0.5, 0.6) is 0 Å². The molecule has 0 bridgehead atoms. The van der Waals surface area contributed by atoms with Crippen LogP contribution in [0.25, 0.3) is 0 Å². The highest BCUT2D eigenvalue weighted by atomic mass is 16.2. The Morgan fingerprint density at radius 2 is 2.05 bits per heavy atom. The number of pyridine rings is 1. The van der Waals surface area contributed by atoms with E-state index < -0.39 is 0 Å². The maximum Gasteiger partial charge on any atom is 0.243 e. The molecular weight excluding hydrogens is 238 g/mol. The third-order valence-corrected chi connectivity index (χ3v) is 3.30. The highest BCUT2D eigenvalue weighted by molar-refractivity contribution is 5.87. The first-order valence-electron chi connectivity index (χ1n) is 6.34. The minimum absolute atomic E-state index is 0.0352. The molecule has 2 heterocycles. The predicted octanol–water partition coefficient (Wildman–Crippen LogP) is 1.73. The molecule has 1 aromatic heterocycles. The second-order valence-electron chi connectivity index (χ2n) is 4.63. The minimum atomic E-state index is -0.167. The Morgan fingerprint density at radius 1 is 1.26 bits per heavy atom. The number of carbonyl (C=O) groups excluding carboxylic acids is 1. The molecule has 0 aliphatic carbocycles. The SMILES string of the molecule is O=C(NCc1ccncc1)[C@@H]1Cc2ccccc2N1. The number of para-hydroxylation sites is 1. The van der Waals surface area contributed by atoms with Crippen molar-refractivity contribution in [2.75, 3.05) is 5.32 Å². The van der Waals surface area contributed by atoms with Gasteiger partial charge in [0, 0.05) is 31.0 Å². The monoisotopic (exact) mass is 253 g/mol. The summed E-state index contributed by atoms with van der Waals surface area (Å²) in [5.41, 5.74) is 3.32. The van der Waals surface area contributed by atoms with Crippen molar-refractivity contribution >= 4 is 11.6 Å². The Bertz CT molecular complexity index is 558. The van der Waals surface area contributed by atoms with Gasteiger partial charge in [0.25, 0.3) is 0 Å². The average Bonchev–Trinajstić information content (AvgIpc) is 2.90. The molecule has 1 aromatic carbocycles. The largest absolute Gasteiger partial charge is 0.373 e. The average molecular weight is 253 g/mol. The number of hydrogen-bond acceptors (Lipinski definition) is 3. The van der Waals surface area contributed by atoms with Crippen LogP contribution in [-0.4, -0.2) is 16.9 Å². The van der Waals surface area contributed by atoms with Crippen LogP contribution in [0.3, 0.4) is 0 Å². The van der Waals surface area contributed by atoms with Gasteiger partial charge in [-0.05, 0) is 29.3 Å². The molecule has 96 valence electrons. The van der Waals surface area contributed by atoms with Gasteiger partial charge in [0.15, 0.2) is 0 Å². The molecule has 2 N–H and O–H groups in total. The summed E-state index contributed by atoms with van der Waals surface area (Å²) in [5.74, 6) is 0.0352. The maximum atomic E-state index is 12.1. The Morgan fingerprint density at radius 3 is 2.84 bits per heavy atom. The van der Waals surface area contributed by atoms with Crippen LogP contribution in [0.4, 0.5) is 5.69 Å². The van der Waals surface area contributed by atoms with Crippen LogP contribution < -0.4 is 10.6 Å². The molecule has 0 radical (unpaired) electrons. The number of benzene rings is 1. The molecule has 0 saturated heterocycles. The van der Waals surface area contributed by atoms with E-state index in [1.807, 2.05) is 30.3 Å².